The third kappa shape index (κ3) is 3.61. The van der Waals surface area contributed by atoms with Crippen LogP contribution in [0.15, 0.2) is 73.3 Å². The Bertz CT molecular complexity index is 1160. The molecule has 0 bridgehead atoms. The molecule has 1 aliphatic heterocycles. The minimum atomic E-state index is -0.0835. The topological polar surface area (TPSA) is 75.9 Å². The highest BCUT2D eigenvalue weighted by atomic mass is 16.1. The van der Waals surface area contributed by atoms with Gasteiger partial charge in [0.2, 0.25) is 11.9 Å². The molecule has 0 aliphatic carbocycles. The van der Waals surface area contributed by atoms with Crippen LogP contribution in [0.5, 0.6) is 0 Å². The van der Waals surface area contributed by atoms with E-state index in [4.69, 9.17) is 0 Å². The molecule has 3 heterocycles. The highest BCUT2D eigenvalue weighted by molar-refractivity contribution is 5.93. The highest BCUT2D eigenvalue weighted by Gasteiger charge is 2.27. The monoisotopic (exact) mass is 398 g/mol. The summed E-state index contributed by atoms with van der Waals surface area (Å²) in [5, 5.41) is 3.06. The summed E-state index contributed by atoms with van der Waals surface area (Å²) in [6.07, 6.45) is 7.10. The van der Waals surface area contributed by atoms with E-state index in [-0.39, 0.29) is 11.8 Å². The van der Waals surface area contributed by atoms with E-state index in [0.29, 0.717) is 12.5 Å². The van der Waals surface area contributed by atoms with Gasteiger partial charge in [-0.15, -0.1) is 0 Å². The normalized spacial score (nSPS) is 16.5. The minimum Gasteiger partial charge on any atom is -0.340 e. The molecule has 7 nitrogen and oxygen atoms in total. The van der Waals surface area contributed by atoms with Crippen molar-refractivity contribution in [2.24, 2.45) is 5.92 Å². The van der Waals surface area contributed by atoms with E-state index in [1.54, 1.807) is 18.5 Å². The summed E-state index contributed by atoms with van der Waals surface area (Å²) in [4.78, 5) is 28.0. The van der Waals surface area contributed by atoms with Crippen molar-refractivity contribution in [1.29, 1.82) is 0 Å². The van der Waals surface area contributed by atoms with Crippen LogP contribution in [0, 0.1) is 5.92 Å². The molecule has 1 aliphatic rings. The number of piperidine rings is 1. The number of amides is 1. The molecule has 2 aromatic heterocycles. The Balaban J connectivity index is 1.27. The van der Waals surface area contributed by atoms with Gasteiger partial charge in [-0.25, -0.2) is 15.0 Å². The SMILES string of the molecule is O=C(Nc1ccc(-n2cnc3ccccc32)cc1)C1CCCN(c2ncccn2)C1. The van der Waals surface area contributed by atoms with Crippen LogP contribution in [0.25, 0.3) is 16.7 Å². The summed E-state index contributed by atoms with van der Waals surface area (Å²) in [7, 11) is 0. The van der Waals surface area contributed by atoms with Gasteiger partial charge >= 0.3 is 0 Å². The van der Waals surface area contributed by atoms with Gasteiger partial charge in [-0.05, 0) is 55.3 Å². The molecule has 1 saturated heterocycles. The molecule has 0 saturated carbocycles. The first-order valence-corrected chi connectivity index (χ1v) is 10.1. The van der Waals surface area contributed by atoms with Crippen molar-refractivity contribution in [3.63, 3.8) is 0 Å². The molecule has 30 heavy (non-hydrogen) atoms. The number of para-hydroxylation sites is 2. The average Bonchev–Trinajstić information content (AvgIpc) is 3.24. The van der Waals surface area contributed by atoms with Gasteiger partial charge in [-0.2, -0.15) is 0 Å². The van der Waals surface area contributed by atoms with Crippen molar-refractivity contribution in [2.75, 3.05) is 23.3 Å². The maximum atomic E-state index is 12.8. The molecule has 150 valence electrons. The number of rotatable bonds is 4. The van der Waals surface area contributed by atoms with Crippen molar-refractivity contribution in [3.05, 3.63) is 73.3 Å². The molecular weight excluding hydrogens is 376 g/mol. The van der Waals surface area contributed by atoms with Gasteiger partial charge in [0.1, 0.15) is 6.33 Å². The molecule has 1 unspecified atom stereocenters. The number of anilines is 2. The average molecular weight is 398 g/mol. The zero-order valence-corrected chi connectivity index (χ0v) is 16.5. The number of carbonyl (C=O) groups excluding carboxylic acids is 1. The fourth-order valence-electron chi connectivity index (χ4n) is 3.94. The Morgan fingerprint density at radius 3 is 2.60 bits per heavy atom. The van der Waals surface area contributed by atoms with Crippen molar-refractivity contribution < 1.29 is 4.79 Å². The Morgan fingerprint density at radius 1 is 0.967 bits per heavy atom. The van der Waals surface area contributed by atoms with Crippen LogP contribution in [0.1, 0.15) is 12.8 Å². The lowest BCUT2D eigenvalue weighted by atomic mass is 9.97. The van der Waals surface area contributed by atoms with Crippen molar-refractivity contribution in [1.82, 2.24) is 19.5 Å². The number of benzene rings is 2. The van der Waals surface area contributed by atoms with E-state index >= 15 is 0 Å². The number of imidazole rings is 1. The number of fused-ring (bicyclic) bond motifs is 1. The largest absolute Gasteiger partial charge is 0.340 e. The van der Waals surface area contributed by atoms with Gasteiger partial charge < -0.3 is 10.2 Å². The Labute approximate surface area is 174 Å². The first-order valence-electron chi connectivity index (χ1n) is 10.1. The van der Waals surface area contributed by atoms with Gasteiger partial charge in [-0.1, -0.05) is 12.1 Å². The number of carbonyl (C=O) groups is 1. The first kappa shape index (κ1) is 18.3. The summed E-state index contributed by atoms with van der Waals surface area (Å²) in [5.74, 6) is 0.642. The summed E-state index contributed by atoms with van der Waals surface area (Å²) in [6.45, 7) is 1.51. The minimum absolute atomic E-state index is 0.0384. The molecule has 1 amide bonds. The van der Waals surface area contributed by atoms with Gasteiger partial charge in [0.05, 0.1) is 17.0 Å². The standard InChI is InChI=1S/C23H22N6O/c30-22(17-5-3-14-28(15-17)23-24-12-4-13-25-23)27-18-8-10-19(11-9-18)29-16-26-20-6-1-2-7-21(20)29/h1-2,4,6-13,16-17H,3,5,14-15H2,(H,27,30). The summed E-state index contributed by atoms with van der Waals surface area (Å²) < 4.78 is 2.04. The van der Waals surface area contributed by atoms with Crippen LogP contribution in [0.3, 0.4) is 0 Å². The van der Waals surface area contributed by atoms with E-state index < -0.39 is 0 Å². The fourth-order valence-corrected chi connectivity index (χ4v) is 3.94. The van der Waals surface area contributed by atoms with E-state index in [1.165, 1.54) is 0 Å². The second-order valence-electron chi connectivity index (χ2n) is 7.47. The third-order valence-electron chi connectivity index (χ3n) is 5.49. The molecule has 5 rings (SSSR count). The number of hydrogen-bond donors (Lipinski definition) is 1. The van der Waals surface area contributed by atoms with Gasteiger partial charge in [0.15, 0.2) is 0 Å². The molecule has 4 aromatic rings. The zero-order chi connectivity index (χ0) is 20.3. The fraction of sp³-hybridized carbons (Fsp3) is 0.217. The van der Waals surface area contributed by atoms with Crippen LogP contribution >= 0.6 is 0 Å². The maximum absolute atomic E-state index is 12.8. The van der Waals surface area contributed by atoms with Crippen molar-refractivity contribution >= 4 is 28.6 Å². The predicted octanol–water partition coefficient (Wildman–Crippen LogP) is 3.67. The molecule has 0 radical (unpaired) electrons. The Kier molecular flexibility index (Phi) is 4.85. The van der Waals surface area contributed by atoms with Crippen molar-refractivity contribution in [3.8, 4) is 5.69 Å². The lowest BCUT2D eigenvalue weighted by Crippen LogP contribution is -2.41. The van der Waals surface area contributed by atoms with Crippen LogP contribution in [-0.2, 0) is 4.79 Å². The molecule has 1 fully saturated rings. The molecule has 1 atom stereocenters. The predicted molar refractivity (Wildman–Crippen MR) is 117 cm³/mol. The number of nitrogens with zero attached hydrogens (tertiary/aromatic N) is 5. The highest BCUT2D eigenvalue weighted by Crippen LogP contribution is 2.23. The number of hydrogen-bond acceptors (Lipinski definition) is 5. The second kappa shape index (κ2) is 7.94. The van der Waals surface area contributed by atoms with E-state index in [1.807, 2.05) is 59.4 Å². The smallest absolute Gasteiger partial charge is 0.229 e. The van der Waals surface area contributed by atoms with Crippen LogP contribution in [0.4, 0.5) is 11.6 Å². The molecule has 1 N–H and O–H groups in total. The van der Waals surface area contributed by atoms with Gasteiger partial charge in [0.25, 0.3) is 0 Å². The van der Waals surface area contributed by atoms with E-state index in [2.05, 4.69) is 25.2 Å². The quantitative estimate of drug-likeness (QED) is 0.568. The van der Waals surface area contributed by atoms with Crippen LogP contribution in [-0.4, -0.2) is 38.5 Å². The summed E-state index contributed by atoms with van der Waals surface area (Å²) in [6, 6.07) is 17.7. The van der Waals surface area contributed by atoms with Gasteiger partial charge in [0, 0.05) is 36.9 Å². The van der Waals surface area contributed by atoms with Crippen LogP contribution < -0.4 is 10.2 Å². The first-order chi connectivity index (χ1) is 14.8. The van der Waals surface area contributed by atoms with E-state index in [0.717, 1.165) is 41.8 Å². The number of nitrogens with one attached hydrogen (secondary N) is 1. The summed E-state index contributed by atoms with van der Waals surface area (Å²) in [5.41, 5.74) is 3.81. The van der Waals surface area contributed by atoms with E-state index in [9.17, 15) is 4.79 Å². The third-order valence-corrected chi connectivity index (χ3v) is 5.49. The molecule has 0 spiro atoms. The number of aromatic nitrogens is 4. The van der Waals surface area contributed by atoms with Crippen LogP contribution in [0.2, 0.25) is 0 Å². The van der Waals surface area contributed by atoms with Gasteiger partial charge in [-0.3, -0.25) is 9.36 Å². The molecule has 7 heteroatoms. The second-order valence-corrected chi connectivity index (χ2v) is 7.47. The van der Waals surface area contributed by atoms with Crippen molar-refractivity contribution in [2.45, 2.75) is 12.8 Å². The molecule has 2 aromatic carbocycles. The summed E-state index contributed by atoms with van der Waals surface area (Å²) >= 11 is 0. The molecular formula is C23H22N6O. The lowest BCUT2D eigenvalue weighted by molar-refractivity contribution is -0.120. The Morgan fingerprint density at radius 2 is 1.77 bits per heavy atom. The lowest BCUT2D eigenvalue weighted by Gasteiger charge is -2.31. The Hall–Kier alpha value is -3.74. The maximum Gasteiger partial charge on any atom is 0.229 e. The zero-order valence-electron chi connectivity index (χ0n) is 16.5.